The molecule has 2 aliphatic rings. The number of piperidine rings is 1. The fourth-order valence-corrected chi connectivity index (χ4v) is 4.47. The van der Waals surface area contributed by atoms with Crippen molar-refractivity contribution in [2.75, 3.05) is 13.2 Å². The van der Waals surface area contributed by atoms with Gasteiger partial charge in [0.25, 0.3) is 0 Å². The van der Waals surface area contributed by atoms with Crippen molar-refractivity contribution >= 4 is 81.9 Å². The number of rotatable bonds is 4. The molecule has 2 saturated heterocycles. The normalized spacial score (nSPS) is 25.4. The molecule has 0 aliphatic carbocycles. The number of ether oxygens (including phenoxy) is 3. The summed E-state index contributed by atoms with van der Waals surface area (Å²) in [7, 11) is 0. The molecule has 13 heteroatoms. The number of benzene rings is 1. The van der Waals surface area contributed by atoms with E-state index in [1.54, 1.807) is 12.1 Å². The summed E-state index contributed by atoms with van der Waals surface area (Å²) in [6, 6.07) is 5.12. The van der Waals surface area contributed by atoms with Gasteiger partial charge in [0, 0.05) is 12.0 Å². The van der Waals surface area contributed by atoms with Crippen LogP contribution in [0.5, 0.6) is 0 Å². The maximum Gasteiger partial charge on any atom is 0.508 e. The first-order chi connectivity index (χ1) is 14.8. The number of carbonyl (C=O) groups is 2. The van der Waals surface area contributed by atoms with E-state index in [4.69, 9.17) is 83.8 Å². The Morgan fingerprint density at radius 3 is 2.16 bits per heavy atom. The smallest absolute Gasteiger partial charge is 0.445 e. The third kappa shape index (κ3) is 6.97. The van der Waals surface area contributed by atoms with Gasteiger partial charge in [-0.05, 0) is 37.0 Å². The Balaban J connectivity index is 1.81. The van der Waals surface area contributed by atoms with E-state index in [-0.39, 0.29) is 12.0 Å². The van der Waals surface area contributed by atoms with Crippen molar-refractivity contribution in [1.29, 1.82) is 0 Å². The molecule has 0 spiro atoms. The van der Waals surface area contributed by atoms with Crippen LogP contribution in [0.15, 0.2) is 24.3 Å². The van der Waals surface area contributed by atoms with Gasteiger partial charge in [0.15, 0.2) is 0 Å². The highest BCUT2D eigenvalue weighted by Gasteiger charge is 2.52. The van der Waals surface area contributed by atoms with Crippen LogP contribution in [0.1, 0.15) is 30.7 Å². The third-order valence-electron chi connectivity index (χ3n) is 5.30. The van der Waals surface area contributed by atoms with Gasteiger partial charge < -0.3 is 14.2 Å². The van der Waals surface area contributed by atoms with E-state index < -0.39 is 51.0 Å². The molecule has 0 aromatic heterocycles. The molecule has 32 heavy (non-hydrogen) atoms. The highest BCUT2D eigenvalue weighted by atomic mass is 35.6. The summed E-state index contributed by atoms with van der Waals surface area (Å²) in [5.74, 6) is -0.727. The topological polar surface area (TPSA) is 65.1 Å². The third-order valence-corrected chi connectivity index (χ3v) is 5.96. The number of halogens is 7. The first kappa shape index (κ1) is 26.0. The van der Waals surface area contributed by atoms with Gasteiger partial charge in [-0.15, -0.1) is 0 Å². The summed E-state index contributed by atoms with van der Waals surface area (Å²) in [4.78, 5) is 26.6. The van der Waals surface area contributed by atoms with Crippen LogP contribution in [0.25, 0.3) is 0 Å². The van der Waals surface area contributed by atoms with Gasteiger partial charge >= 0.3 is 12.2 Å². The molecule has 6 nitrogen and oxygen atoms in total. The molecule has 2 fully saturated rings. The Hall–Kier alpha value is -0.570. The van der Waals surface area contributed by atoms with Crippen molar-refractivity contribution in [2.24, 2.45) is 0 Å². The molecular weight excluding hydrogens is 554 g/mol. The Morgan fingerprint density at radius 1 is 0.969 bits per heavy atom. The molecule has 4 unspecified atom stereocenters. The predicted octanol–water partition coefficient (Wildman–Crippen LogP) is 6.54. The van der Waals surface area contributed by atoms with E-state index in [0.29, 0.717) is 19.3 Å². The van der Waals surface area contributed by atoms with Crippen molar-refractivity contribution in [2.45, 2.75) is 51.0 Å². The van der Waals surface area contributed by atoms with Gasteiger partial charge in [-0.2, -0.15) is 0 Å². The van der Waals surface area contributed by atoms with Crippen molar-refractivity contribution < 1.29 is 28.2 Å². The molecule has 178 valence electrons. The molecule has 3 rings (SSSR count). The Morgan fingerprint density at radius 2 is 1.56 bits per heavy atom. The van der Waals surface area contributed by atoms with Crippen LogP contribution in [-0.4, -0.2) is 56.1 Å². The molecule has 1 amide bonds. The van der Waals surface area contributed by atoms with E-state index in [0.717, 1.165) is 5.56 Å². The van der Waals surface area contributed by atoms with Crippen LogP contribution in [0.2, 0.25) is 0 Å². The molecule has 0 saturated carbocycles. The first-order valence-electron chi connectivity index (χ1n) is 9.51. The minimum atomic E-state index is -1.81. The molecule has 0 N–H and O–H groups in total. The summed E-state index contributed by atoms with van der Waals surface area (Å²) in [6.07, 6.45) is -0.949. The summed E-state index contributed by atoms with van der Waals surface area (Å²) in [5.41, 5.74) is 0.747. The van der Waals surface area contributed by atoms with Crippen LogP contribution in [0, 0.1) is 5.82 Å². The second kappa shape index (κ2) is 10.4. The van der Waals surface area contributed by atoms with Crippen LogP contribution < -0.4 is 0 Å². The summed E-state index contributed by atoms with van der Waals surface area (Å²) >= 11 is 33.9. The molecule has 0 radical (unpaired) electrons. The maximum atomic E-state index is 13.4. The molecule has 4 atom stereocenters. The van der Waals surface area contributed by atoms with Gasteiger partial charge in [-0.25, -0.2) is 14.0 Å². The fraction of sp³-hybridized carbons (Fsp3) is 0.579. The molecule has 2 heterocycles. The molecule has 2 bridgehead atoms. The SMILES string of the molecule is O=C(OCC(Cl)(Cl)Cl)OC1C(c2ccc(F)cc2)CC2CCC1N2C(=O)OCC(Cl)(Cl)Cl. The minimum Gasteiger partial charge on any atom is -0.445 e. The lowest BCUT2D eigenvalue weighted by Gasteiger charge is -2.43. The van der Waals surface area contributed by atoms with Crippen molar-refractivity contribution in [1.82, 2.24) is 4.90 Å². The van der Waals surface area contributed by atoms with E-state index in [9.17, 15) is 14.0 Å². The van der Waals surface area contributed by atoms with E-state index in [1.807, 2.05) is 0 Å². The lowest BCUT2D eigenvalue weighted by molar-refractivity contribution is -0.0420. The maximum absolute atomic E-state index is 13.4. The van der Waals surface area contributed by atoms with Crippen LogP contribution in [0.3, 0.4) is 0 Å². The fourth-order valence-electron chi connectivity index (χ4n) is 4.15. The lowest BCUT2D eigenvalue weighted by Crippen LogP contribution is -2.55. The van der Waals surface area contributed by atoms with E-state index >= 15 is 0 Å². The van der Waals surface area contributed by atoms with Crippen molar-refractivity contribution in [3.05, 3.63) is 35.6 Å². The first-order valence-corrected chi connectivity index (χ1v) is 11.8. The van der Waals surface area contributed by atoms with Crippen molar-refractivity contribution in [3.8, 4) is 0 Å². The van der Waals surface area contributed by atoms with E-state index in [1.165, 1.54) is 17.0 Å². The van der Waals surface area contributed by atoms with Gasteiger partial charge in [0.1, 0.15) is 25.1 Å². The zero-order valence-corrected chi connectivity index (χ0v) is 20.8. The number of carbonyl (C=O) groups excluding carboxylic acids is 2. The van der Waals surface area contributed by atoms with Crippen molar-refractivity contribution in [3.63, 3.8) is 0 Å². The summed E-state index contributed by atoms with van der Waals surface area (Å²) in [5, 5.41) is 0. The average Bonchev–Trinajstić information content (AvgIpc) is 3.02. The predicted molar refractivity (Wildman–Crippen MR) is 121 cm³/mol. The lowest BCUT2D eigenvalue weighted by atomic mass is 9.82. The van der Waals surface area contributed by atoms with Crippen LogP contribution in [0.4, 0.5) is 14.0 Å². The highest BCUT2D eigenvalue weighted by Crippen LogP contribution is 2.45. The van der Waals surface area contributed by atoms with Gasteiger partial charge in [-0.1, -0.05) is 81.7 Å². The monoisotopic (exact) mass is 569 g/mol. The average molecular weight is 572 g/mol. The number of hydrogen-bond acceptors (Lipinski definition) is 5. The van der Waals surface area contributed by atoms with Gasteiger partial charge in [-0.3, -0.25) is 4.90 Å². The van der Waals surface area contributed by atoms with Gasteiger partial charge in [0.05, 0.1) is 6.04 Å². The van der Waals surface area contributed by atoms with Gasteiger partial charge in [0.2, 0.25) is 7.59 Å². The van der Waals surface area contributed by atoms with E-state index in [2.05, 4.69) is 0 Å². The zero-order chi connectivity index (χ0) is 23.7. The largest absolute Gasteiger partial charge is 0.508 e. The Bertz CT molecular complexity index is 831. The zero-order valence-electron chi connectivity index (χ0n) is 16.3. The standard InChI is InChI=1S/C19H18Cl6FNO5/c20-18(21,22)8-30-16(28)27-12-5-6-14(27)15(32-17(29)31-9-19(23,24)25)13(7-12)10-1-3-11(26)4-2-10/h1-4,12-15H,5-9H2. The van der Waals surface area contributed by atoms with Crippen LogP contribution >= 0.6 is 69.6 Å². The highest BCUT2D eigenvalue weighted by molar-refractivity contribution is 6.68. The van der Waals surface area contributed by atoms with Crippen LogP contribution in [-0.2, 0) is 14.2 Å². The molecule has 1 aromatic carbocycles. The number of fused-ring (bicyclic) bond motifs is 2. The number of nitrogens with zero attached hydrogens (tertiary/aromatic N) is 1. The molecular formula is C19H18Cl6FNO5. The second-order valence-electron chi connectivity index (χ2n) is 7.51. The quantitative estimate of drug-likeness (QED) is 0.303. The number of hydrogen-bond donors (Lipinski definition) is 0. The number of amides is 1. The summed E-state index contributed by atoms with van der Waals surface area (Å²) < 4.78 is 25.5. The number of alkyl halides is 6. The molecule has 2 aliphatic heterocycles. The second-order valence-corrected chi connectivity index (χ2v) is 12.5. The summed E-state index contributed by atoms with van der Waals surface area (Å²) in [6.45, 7) is -0.961. The molecule has 1 aromatic rings. The Labute approximate surface area is 214 Å². The Kier molecular flexibility index (Phi) is 8.43. The minimum absolute atomic E-state index is 0.199.